The van der Waals surface area contributed by atoms with E-state index in [4.69, 9.17) is 0 Å². The molecule has 0 aliphatic rings. The normalized spacial score (nSPS) is 12.4. The molecule has 1 heterocycles. The third kappa shape index (κ3) is 2.09. The summed E-state index contributed by atoms with van der Waals surface area (Å²) in [6, 6.07) is 8.77. The summed E-state index contributed by atoms with van der Waals surface area (Å²) in [4.78, 5) is 14.5. The highest BCUT2D eigenvalue weighted by molar-refractivity contribution is 5.80. The summed E-state index contributed by atoms with van der Waals surface area (Å²) < 4.78 is 0. The molecule has 2 rings (SSSR count). The number of aromatic nitrogens is 1. The highest BCUT2D eigenvalue weighted by atomic mass is 16.5. The summed E-state index contributed by atoms with van der Waals surface area (Å²) in [6.45, 7) is 1.75. The number of carbonyl (C=O) groups is 1. The van der Waals surface area contributed by atoms with Gasteiger partial charge in [-0.1, -0.05) is 18.2 Å². The van der Waals surface area contributed by atoms with Gasteiger partial charge in [0.15, 0.2) is 0 Å². The Bertz CT molecular complexity index is 502. The molecule has 17 heavy (non-hydrogen) atoms. The van der Waals surface area contributed by atoms with Gasteiger partial charge >= 0.3 is 6.03 Å². The molecular weight excluding hydrogens is 218 g/mol. The van der Waals surface area contributed by atoms with Crippen molar-refractivity contribution in [1.82, 2.24) is 15.4 Å². The maximum atomic E-state index is 11.3. The molecule has 90 valence electrons. The van der Waals surface area contributed by atoms with Crippen LogP contribution < -0.4 is 5.32 Å². The van der Waals surface area contributed by atoms with E-state index in [1.807, 2.05) is 30.3 Å². The minimum Gasteiger partial charge on any atom is -0.357 e. The lowest BCUT2D eigenvalue weighted by molar-refractivity contribution is -0.0747. The number of fused-ring (bicyclic) bond motifs is 1. The number of aromatic amines is 1. The van der Waals surface area contributed by atoms with Crippen LogP contribution >= 0.6 is 0 Å². The summed E-state index contributed by atoms with van der Waals surface area (Å²) in [7, 11) is 1.48. The van der Waals surface area contributed by atoms with E-state index < -0.39 is 12.1 Å². The van der Waals surface area contributed by atoms with Gasteiger partial charge in [-0.3, -0.25) is 5.21 Å². The number of hydrogen-bond donors (Lipinski definition) is 3. The Kier molecular flexibility index (Phi) is 3.01. The Morgan fingerprint density at radius 1 is 1.47 bits per heavy atom. The number of hydrogen-bond acceptors (Lipinski definition) is 2. The molecule has 2 amide bonds. The molecule has 0 aliphatic carbocycles. The number of nitrogens with one attached hydrogen (secondary N) is 2. The number of para-hydroxylation sites is 1. The van der Waals surface area contributed by atoms with Crippen molar-refractivity contribution in [2.45, 2.75) is 13.0 Å². The van der Waals surface area contributed by atoms with Crippen molar-refractivity contribution >= 4 is 16.9 Å². The van der Waals surface area contributed by atoms with Crippen LogP contribution in [0, 0.1) is 0 Å². The van der Waals surface area contributed by atoms with E-state index in [1.54, 1.807) is 6.92 Å². The van der Waals surface area contributed by atoms with E-state index in [1.165, 1.54) is 7.05 Å². The molecule has 1 unspecified atom stereocenters. The first-order valence-electron chi connectivity index (χ1n) is 5.41. The highest BCUT2D eigenvalue weighted by Gasteiger charge is 2.19. The SMILES string of the molecule is CNC(=O)N(O)C(C)c1cc2ccccc2[nH]1. The van der Waals surface area contributed by atoms with Gasteiger partial charge < -0.3 is 10.3 Å². The molecule has 0 radical (unpaired) electrons. The molecule has 3 N–H and O–H groups in total. The first kappa shape index (κ1) is 11.5. The monoisotopic (exact) mass is 233 g/mol. The molecule has 0 saturated carbocycles. The zero-order chi connectivity index (χ0) is 12.4. The first-order valence-corrected chi connectivity index (χ1v) is 5.41. The van der Waals surface area contributed by atoms with Crippen LogP contribution in [-0.4, -0.2) is 28.3 Å². The zero-order valence-electron chi connectivity index (χ0n) is 9.77. The van der Waals surface area contributed by atoms with Gasteiger partial charge in [0.1, 0.15) is 0 Å². The van der Waals surface area contributed by atoms with Crippen molar-refractivity contribution in [2.75, 3.05) is 7.05 Å². The average Bonchev–Trinajstić information content (AvgIpc) is 2.79. The van der Waals surface area contributed by atoms with E-state index in [0.29, 0.717) is 5.06 Å². The summed E-state index contributed by atoms with van der Waals surface area (Å²) in [6.07, 6.45) is 0. The van der Waals surface area contributed by atoms with Crippen LogP contribution in [0.25, 0.3) is 10.9 Å². The molecule has 1 aromatic carbocycles. The fourth-order valence-electron chi connectivity index (χ4n) is 1.74. The summed E-state index contributed by atoms with van der Waals surface area (Å²) in [5.74, 6) is 0. The maximum Gasteiger partial charge on any atom is 0.341 e. The van der Waals surface area contributed by atoms with Crippen LogP contribution in [0.2, 0.25) is 0 Å². The van der Waals surface area contributed by atoms with Gasteiger partial charge in [-0.25, -0.2) is 4.79 Å². The van der Waals surface area contributed by atoms with Gasteiger partial charge in [0.25, 0.3) is 0 Å². The molecule has 0 fully saturated rings. The number of nitrogens with zero attached hydrogens (tertiary/aromatic N) is 1. The Hall–Kier alpha value is -2.01. The topological polar surface area (TPSA) is 68.4 Å². The number of rotatable bonds is 2. The lowest BCUT2D eigenvalue weighted by Gasteiger charge is -2.20. The van der Waals surface area contributed by atoms with Crippen molar-refractivity contribution in [3.05, 3.63) is 36.0 Å². The van der Waals surface area contributed by atoms with Crippen LogP contribution in [-0.2, 0) is 0 Å². The first-order chi connectivity index (χ1) is 8.13. The van der Waals surface area contributed by atoms with Crippen LogP contribution in [0.4, 0.5) is 4.79 Å². The number of H-pyrrole nitrogens is 1. The second kappa shape index (κ2) is 4.47. The zero-order valence-corrected chi connectivity index (χ0v) is 9.77. The molecule has 0 spiro atoms. The quantitative estimate of drug-likeness (QED) is 0.550. The number of hydroxylamine groups is 2. The number of benzene rings is 1. The van der Waals surface area contributed by atoms with Gasteiger partial charge in [-0.05, 0) is 24.4 Å². The van der Waals surface area contributed by atoms with Gasteiger partial charge in [0.05, 0.1) is 6.04 Å². The molecule has 1 atom stereocenters. The predicted octanol–water partition coefficient (Wildman–Crippen LogP) is 2.26. The maximum absolute atomic E-state index is 11.3. The number of carbonyl (C=O) groups excluding carboxylic acids is 1. The average molecular weight is 233 g/mol. The third-order valence-electron chi connectivity index (χ3n) is 2.79. The van der Waals surface area contributed by atoms with Crippen molar-refractivity contribution in [1.29, 1.82) is 0 Å². The van der Waals surface area contributed by atoms with Crippen LogP contribution in [0.15, 0.2) is 30.3 Å². The van der Waals surface area contributed by atoms with Gasteiger partial charge in [-0.15, -0.1) is 0 Å². The van der Waals surface area contributed by atoms with Crippen LogP contribution in [0.3, 0.4) is 0 Å². The molecule has 5 nitrogen and oxygen atoms in total. The largest absolute Gasteiger partial charge is 0.357 e. The van der Waals surface area contributed by atoms with Gasteiger partial charge in [-0.2, -0.15) is 5.06 Å². The standard InChI is InChI=1S/C12H15N3O2/c1-8(15(17)12(16)13-2)11-7-9-5-3-4-6-10(9)14-11/h3-8,14,17H,1-2H3,(H,13,16). The molecule has 1 aromatic heterocycles. The van der Waals surface area contributed by atoms with Crippen LogP contribution in [0.1, 0.15) is 18.7 Å². The molecule has 2 aromatic rings. The van der Waals surface area contributed by atoms with Crippen molar-refractivity contribution in [3.63, 3.8) is 0 Å². The van der Waals surface area contributed by atoms with Gasteiger partial charge in [0.2, 0.25) is 0 Å². The molecule has 0 aliphatic heterocycles. The third-order valence-corrected chi connectivity index (χ3v) is 2.79. The number of urea groups is 1. The van der Waals surface area contributed by atoms with E-state index >= 15 is 0 Å². The molecule has 0 bridgehead atoms. The summed E-state index contributed by atoms with van der Waals surface area (Å²) in [5, 5.41) is 13.8. The van der Waals surface area contributed by atoms with E-state index in [-0.39, 0.29) is 0 Å². The fourth-order valence-corrected chi connectivity index (χ4v) is 1.74. The minimum atomic E-state index is -0.531. The Labute approximate surface area is 99.0 Å². The van der Waals surface area contributed by atoms with E-state index in [0.717, 1.165) is 16.6 Å². The second-order valence-corrected chi connectivity index (χ2v) is 3.89. The molecule has 0 saturated heterocycles. The summed E-state index contributed by atoms with van der Waals surface area (Å²) >= 11 is 0. The Balaban J connectivity index is 2.30. The van der Waals surface area contributed by atoms with E-state index in [9.17, 15) is 10.0 Å². The van der Waals surface area contributed by atoms with Crippen molar-refractivity contribution in [3.8, 4) is 0 Å². The Morgan fingerprint density at radius 2 is 2.18 bits per heavy atom. The lowest BCUT2D eigenvalue weighted by Crippen LogP contribution is -2.37. The van der Waals surface area contributed by atoms with E-state index in [2.05, 4.69) is 10.3 Å². The van der Waals surface area contributed by atoms with Crippen LogP contribution in [0.5, 0.6) is 0 Å². The Morgan fingerprint density at radius 3 is 2.82 bits per heavy atom. The molecule has 5 heteroatoms. The number of amides is 2. The highest BCUT2D eigenvalue weighted by Crippen LogP contribution is 2.22. The summed E-state index contributed by atoms with van der Waals surface area (Å²) in [5.41, 5.74) is 1.77. The lowest BCUT2D eigenvalue weighted by atomic mass is 10.2. The van der Waals surface area contributed by atoms with Gasteiger partial charge in [0, 0.05) is 18.3 Å². The molecular formula is C12H15N3O2. The fraction of sp³-hybridized carbons (Fsp3) is 0.250. The van der Waals surface area contributed by atoms with Crippen molar-refractivity contribution < 1.29 is 10.0 Å². The second-order valence-electron chi connectivity index (χ2n) is 3.89. The van der Waals surface area contributed by atoms with Crippen molar-refractivity contribution in [2.24, 2.45) is 0 Å². The minimum absolute atomic E-state index is 0.428. The smallest absolute Gasteiger partial charge is 0.341 e. The predicted molar refractivity (Wildman–Crippen MR) is 64.8 cm³/mol.